The lowest BCUT2D eigenvalue weighted by Crippen LogP contribution is -2.13. The first-order valence-corrected chi connectivity index (χ1v) is 7.05. The van der Waals surface area contributed by atoms with E-state index in [9.17, 15) is 0 Å². The molecule has 1 atom stereocenters. The van der Waals surface area contributed by atoms with Gasteiger partial charge in [-0.05, 0) is 57.7 Å². The lowest BCUT2D eigenvalue weighted by molar-refractivity contribution is 0.412. The molecule has 1 unspecified atom stereocenters. The summed E-state index contributed by atoms with van der Waals surface area (Å²) in [5.74, 6) is 0.791. The van der Waals surface area contributed by atoms with Crippen LogP contribution in [0.5, 0.6) is 5.75 Å². The third kappa shape index (κ3) is 2.94. The van der Waals surface area contributed by atoms with Gasteiger partial charge in [-0.3, -0.25) is 0 Å². The highest BCUT2D eigenvalue weighted by Crippen LogP contribution is 2.31. The Bertz CT molecular complexity index is 601. The third-order valence-electron chi connectivity index (χ3n) is 3.18. The van der Waals surface area contributed by atoms with Gasteiger partial charge in [-0.15, -0.1) is 0 Å². The molecule has 0 heterocycles. The maximum atomic E-state index is 6.33. The third-order valence-corrected chi connectivity index (χ3v) is 4.21. The van der Waals surface area contributed by atoms with Gasteiger partial charge in [-0.2, -0.15) is 0 Å². The van der Waals surface area contributed by atoms with Crippen molar-refractivity contribution < 1.29 is 4.74 Å². The Morgan fingerprint density at radius 2 is 2.00 bits per heavy atom. The van der Waals surface area contributed by atoms with Gasteiger partial charge in [-0.1, -0.05) is 29.8 Å². The fourth-order valence-corrected chi connectivity index (χ4v) is 2.76. The van der Waals surface area contributed by atoms with Gasteiger partial charge in [0.1, 0.15) is 5.75 Å². The Hall–Kier alpha value is -1.03. The second-order valence-electron chi connectivity index (χ2n) is 4.33. The Balaban J connectivity index is 2.41. The highest BCUT2D eigenvalue weighted by molar-refractivity contribution is 9.10. The van der Waals surface area contributed by atoms with Crippen LogP contribution in [0, 0.1) is 6.92 Å². The van der Waals surface area contributed by atoms with E-state index in [-0.39, 0.29) is 6.04 Å². The van der Waals surface area contributed by atoms with Gasteiger partial charge in [0.25, 0.3) is 0 Å². The van der Waals surface area contributed by atoms with Crippen molar-refractivity contribution >= 4 is 27.5 Å². The topological polar surface area (TPSA) is 35.2 Å². The summed E-state index contributed by atoms with van der Waals surface area (Å²) in [4.78, 5) is 0. The summed E-state index contributed by atoms with van der Waals surface area (Å²) in [6, 6.07) is 11.4. The molecular weight excluding hydrogens is 326 g/mol. The Kier molecular flexibility index (Phi) is 4.50. The number of ether oxygens (including phenoxy) is 1. The van der Waals surface area contributed by atoms with Crippen molar-refractivity contribution in [1.82, 2.24) is 0 Å². The molecule has 19 heavy (non-hydrogen) atoms. The van der Waals surface area contributed by atoms with E-state index >= 15 is 0 Å². The van der Waals surface area contributed by atoms with E-state index in [4.69, 9.17) is 22.1 Å². The summed E-state index contributed by atoms with van der Waals surface area (Å²) in [5, 5.41) is 0.737. The van der Waals surface area contributed by atoms with Gasteiger partial charge in [0.2, 0.25) is 0 Å². The minimum absolute atomic E-state index is 0.207. The van der Waals surface area contributed by atoms with Gasteiger partial charge < -0.3 is 10.5 Å². The van der Waals surface area contributed by atoms with Crippen molar-refractivity contribution in [1.29, 1.82) is 0 Å². The smallest absolute Gasteiger partial charge is 0.133 e. The fraction of sp³-hybridized carbons (Fsp3) is 0.200. The average molecular weight is 341 g/mol. The van der Waals surface area contributed by atoms with E-state index in [0.717, 1.165) is 31.9 Å². The molecule has 100 valence electrons. The van der Waals surface area contributed by atoms with Crippen molar-refractivity contribution in [2.45, 2.75) is 13.0 Å². The molecule has 4 heteroatoms. The number of rotatable bonds is 3. The van der Waals surface area contributed by atoms with Crippen molar-refractivity contribution in [2.24, 2.45) is 5.73 Å². The van der Waals surface area contributed by atoms with Crippen LogP contribution in [0.2, 0.25) is 5.02 Å². The zero-order valence-corrected chi connectivity index (χ0v) is 13.1. The van der Waals surface area contributed by atoms with Crippen molar-refractivity contribution in [3.63, 3.8) is 0 Å². The number of hydrogen-bond donors (Lipinski definition) is 1. The molecule has 0 fully saturated rings. The van der Waals surface area contributed by atoms with Gasteiger partial charge in [-0.25, -0.2) is 0 Å². The first kappa shape index (κ1) is 14.4. The van der Waals surface area contributed by atoms with Crippen LogP contribution in [-0.4, -0.2) is 7.11 Å². The van der Waals surface area contributed by atoms with E-state index < -0.39 is 0 Å². The minimum atomic E-state index is -0.207. The molecule has 2 rings (SSSR count). The molecular formula is C15H15BrClNO. The molecule has 0 aliphatic rings. The Morgan fingerprint density at radius 1 is 1.26 bits per heavy atom. The van der Waals surface area contributed by atoms with E-state index in [2.05, 4.69) is 15.9 Å². The predicted octanol–water partition coefficient (Wildman–Crippen LogP) is 4.47. The zero-order chi connectivity index (χ0) is 14.0. The van der Waals surface area contributed by atoms with E-state index in [1.165, 1.54) is 0 Å². The molecule has 0 aliphatic carbocycles. The van der Waals surface area contributed by atoms with Crippen LogP contribution >= 0.6 is 27.5 Å². The maximum Gasteiger partial charge on any atom is 0.133 e. The van der Waals surface area contributed by atoms with Gasteiger partial charge >= 0.3 is 0 Å². The number of hydrogen-bond acceptors (Lipinski definition) is 2. The van der Waals surface area contributed by atoms with Gasteiger partial charge in [0.15, 0.2) is 0 Å². The van der Waals surface area contributed by atoms with Crippen molar-refractivity contribution in [2.75, 3.05) is 7.11 Å². The van der Waals surface area contributed by atoms with Crippen molar-refractivity contribution in [3.8, 4) is 5.75 Å². The monoisotopic (exact) mass is 339 g/mol. The van der Waals surface area contributed by atoms with Crippen LogP contribution in [0.15, 0.2) is 40.9 Å². The molecule has 0 aromatic heterocycles. The Labute approximate surface area is 126 Å². The average Bonchev–Trinajstić information content (AvgIpc) is 2.41. The first-order chi connectivity index (χ1) is 9.04. The Morgan fingerprint density at radius 3 is 2.63 bits per heavy atom. The molecule has 0 spiro atoms. The van der Waals surface area contributed by atoms with Crippen LogP contribution in [0.25, 0.3) is 0 Å². The first-order valence-electron chi connectivity index (χ1n) is 5.88. The SMILES string of the molecule is COc1ccc(C(N)c2cccc(Cl)c2C)cc1Br. The highest BCUT2D eigenvalue weighted by atomic mass is 79.9. The summed E-state index contributed by atoms with van der Waals surface area (Å²) in [5.41, 5.74) is 9.39. The summed E-state index contributed by atoms with van der Waals surface area (Å²) in [6.45, 7) is 1.98. The largest absolute Gasteiger partial charge is 0.496 e. The fourth-order valence-electron chi connectivity index (χ4n) is 2.02. The molecule has 0 saturated heterocycles. The molecule has 2 N–H and O–H groups in total. The molecule has 2 aromatic rings. The number of halogens is 2. The standard InChI is InChI=1S/C15H15BrClNO/c1-9-11(4-3-5-13(9)17)15(18)10-6-7-14(19-2)12(16)8-10/h3-8,15H,18H2,1-2H3. The minimum Gasteiger partial charge on any atom is -0.496 e. The molecule has 0 aliphatic heterocycles. The van der Waals surface area contributed by atoms with Gasteiger partial charge in [0, 0.05) is 5.02 Å². The van der Waals surface area contributed by atoms with Gasteiger partial charge in [0.05, 0.1) is 17.6 Å². The van der Waals surface area contributed by atoms with Crippen LogP contribution in [0.1, 0.15) is 22.7 Å². The summed E-state index contributed by atoms with van der Waals surface area (Å²) in [7, 11) is 1.64. The van der Waals surface area contributed by atoms with E-state index in [0.29, 0.717) is 0 Å². The molecule has 0 radical (unpaired) electrons. The maximum absolute atomic E-state index is 6.33. The highest BCUT2D eigenvalue weighted by Gasteiger charge is 2.14. The molecule has 2 nitrogen and oxygen atoms in total. The summed E-state index contributed by atoms with van der Waals surface area (Å²) < 4.78 is 6.11. The summed E-state index contributed by atoms with van der Waals surface area (Å²) in [6.07, 6.45) is 0. The van der Waals surface area contributed by atoms with Crippen LogP contribution < -0.4 is 10.5 Å². The number of benzene rings is 2. The molecule has 2 aromatic carbocycles. The van der Waals surface area contributed by atoms with E-state index in [1.54, 1.807) is 7.11 Å². The van der Waals surface area contributed by atoms with Crippen LogP contribution in [0.3, 0.4) is 0 Å². The summed E-state index contributed by atoms with van der Waals surface area (Å²) >= 11 is 9.61. The molecule has 0 saturated carbocycles. The van der Waals surface area contributed by atoms with E-state index in [1.807, 2.05) is 43.3 Å². The quantitative estimate of drug-likeness (QED) is 0.895. The lowest BCUT2D eigenvalue weighted by Gasteiger charge is -2.17. The normalized spacial score (nSPS) is 12.3. The predicted molar refractivity (Wildman–Crippen MR) is 82.9 cm³/mol. The second kappa shape index (κ2) is 5.95. The number of methoxy groups -OCH3 is 1. The molecule has 0 amide bonds. The van der Waals surface area contributed by atoms with Crippen LogP contribution in [0.4, 0.5) is 0 Å². The van der Waals surface area contributed by atoms with Crippen molar-refractivity contribution in [3.05, 3.63) is 62.6 Å². The lowest BCUT2D eigenvalue weighted by atomic mass is 9.96. The number of nitrogens with two attached hydrogens (primary N) is 1. The van der Waals surface area contributed by atoms with Crippen LogP contribution in [-0.2, 0) is 0 Å². The molecule has 0 bridgehead atoms. The zero-order valence-electron chi connectivity index (χ0n) is 10.8. The second-order valence-corrected chi connectivity index (χ2v) is 5.59.